The van der Waals surface area contributed by atoms with Crippen LogP contribution in [0.15, 0.2) is 36.8 Å². The maximum Gasteiger partial charge on any atom is 0.449 e. The normalized spacial score (nSPS) is 18.3. The van der Waals surface area contributed by atoms with Crippen molar-refractivity contribution in [3.63, 3.8) is 0 Å². The molecule has 7 nitrogen and oxygen atoms in total. The molecule has 0 saturated heterocycles. The van der Waals surface area contributed by atoms with Crippen molar-refractivity contribution >= 4 is 46.4 Å². The van der Waals surface area contributed by atoms with Crippen LogP contribution in [0.25, 0.3) is 11.1 Å². The van der Waals surface area contributed by atoms with E-state index in [9.17, 15) is 18.0 Å². The van der Waals surface area contributed by atoms with Crippen LogP contribution in [0.2, 0.25) is 10.0 Å². The lowest BCUT2D eigenvalue weighted by Gasteiger charge is -2.29. The van der Waals surface area contributed by atoms with E-state index in [0.29, 0.717) is 53.2 Å². The number of aromatic nitrogens is 4. The highest BCUT2D eigenvalue weighted by Crippen LogP contribution is 2.34. The average Bonchev–Trinajstić information content (AvgIpc) is 3.20. The van der Waals surface area contributed by atoms with Gasteiger partial charge in [0.1, 0.15) is 5.82 Å². The molecule has 12 heteroatoms. The van der Waals surface area contributed by atoms with Gasteiger partial charge in [0.05, 0.1) is 6.20 Å². The first kappa shape index (κ1) is 25.2. The summed E-state index contributed by atoms with van der Waals surface area (Å²) >= 11 is 12.2. The van der Waals surface area contributed by atoms with Crippen molar-refractivity contribution in [2.45, 2.75) is 44.3 Å². The summed E-state index contributed by atoms with van der Waals surface area (Å²) in [6.45, 7) is 0. The predicted octanol–water partition coefficient (Wildman–Crippen LogP) is 6.42. The fourth-order valence-corrected chi connectivity index (χ4v) is 4.69. The second-order valence-corrected chi connectivity index (χ2v) is 9.50. The van der Waals surface area contributed by atoms with Gasteiger partial charge in [-0.05, 0) is 49.8 Å². The summed E-state index contributed by atoms with van der Waals surface area (Å²) in [6, 6.07) is 5.00. The topological polar surface area (TPSA) is 84.7 Å². The summed E-state index contributed by atoms with van der Waals surface area (Å²) in [4.78, 5) is 20.4. The number of rotatable bonds is 7. The molecule has 1 aliphatic rings. The minimum atomic E-state index is -4.77. The Balaban J connectivity index is 1.51. The van der Waals surface area contributed by atoms with Gasteiger partial charge < -0.3 is 10.6 Å². The number of hydrogen-bond acceptors (Lipinski definition) is 6. The molecule has 1 aliphatic carbocycles. The Hall–Kier alpha value is -2.85. The van der Waals surface area contributed by atoms with Crippen LogP contribution in [0.1, 0.15) is 32.1 Å². The lowest BCUT2D eigenvalue weighted by Crippen LogP contribution is -2.30. The van der Waals surface area contributed by atoms with Crippen LogP contribution >= 0.6 is 23.2 Å². The van der Waals surface area contributed by atoms with Gasteiger partial charge >= 0.3 is 6.18 Å². The number of benzene rings is 1. The standard InChI is InChI=1S/C23H23Cl2F3N6O/c1-34-12-14(10-30-34)19-11-29-22(32-18-8-15(24)7-16(25)9-18)33-21(19)31-17-4-2-13(3-5-17)6-20(35)23(26,27)28/h7-13,17H,2-6H2,1H3,(H2,29,31,32,33). The molecule has 4 rings (SSSR count). The number of Topliss-reactive ketones (excluding diaryl/α,β-unsaturated/α-hetero) is 1. The number of carbonyl (C=O) groups is 1. The van der Waals surface area contributed by atoms with Gasteiger partial charge in [-0.2, -0.15) is 23.3 Å². The van der Waals surface area contributed by atoms with Gasteiger partial charge in [0.15, 0.2) is 0 Å². The minimum absolute atomic E-state index is 0.00831. The fraction of sp³-hybridized carbons (Fsp3) is 0.391. The molecule has 0 spiro atoms. The molecule has 2 heterocycles. The molecule has 2 aromatic heterocycles. The monoisotopic (exact) mass is 526 g/mol. The number of halogens is 5. The van der Waals surface area contributed by atoms with E-state index in [2.05, 4.69) is 25.7 Å². The van der Waals surface area contributed by atoms with E-state index in [0.717, 1.165) is 11.1 Å². The van der Waals surface area contributed by atoms with E-state index in [4.69, 9.17) is 23.2 Å². The molecule has 1 saturated carbocycles. The van der Waals surface area contributed by atoms with Crippen molar-refractivity contribution < 1.29 is 18.0 Å². The molecule has 1 fully saturated rings. The molecule has 0 aliphatic heterocycles. The molecular weight excluding hydrogens is 504 g/mol. The van der Waals surface area contributed by atoms with Crippen molar-refractivity contribution in [2.75, 3.05) is 10.6 Å². The number of alkyl halides is 3. The summed E-state index contributed by atoms with van der Waals surface area (Å²) < 4.78 is 39.5. The van der Waals surface area contributed by atoms with Crippen LogP contribution in [0, 0.1) is 5.92 Å². The van der Waals surface area contributed by atoms with Crippen LogP contribution in [-0.4, -0.2) is 37.7 Å². The summed E-state index contributed by atoms with van der Waals surface area (Å²) in [5.41, 5.74) is 2.18. The first-order chi connectivity index (χ1) is 16.6. The molecular formula is C23H23Cl2F3N6O. The van der Waals surface area contributed by atoms with Gasteiger partial charge in [-0.1, -0.05) is 23.2 Å². The summed E-state index contributed by atoms with van der Waals surface area (Å²) in [5.74, 6) is -1.03. The highest BCUT2D eigenvalue weighted by atomic mass is 35.5. The van der Waals surface area contributed by atoms with E-state index < -0.39 is 18.4 Å². The lowest BCUT2D eigenvalue weighted by molar-refractivity contribution is -0.172. The molecule has 35 heavy (non-hydrogen) atoms. The Morgan fingerprint density at radius 1 is 1.11 bits per heavy atom. The third-order valence-corrected chi connectivity index (χ3v) is 6.34. The summed E-state index contributed by atoms with van der Waals surface area (Å²) in [7, 11) is 1.81. The highest BCUT2D eigenvalue weighted by molar-refractivity contribution is 6.35. The maximum atomic E-state index is 12.6. The molecule has 0 unspecified atom stereocenters. The largest absolute Gasteiger partial charge is 0.449 e. The summed E-state index contributed by atoms with van der Waals surface area (Å²) in [5, 5.41) is 11.7. The second kappa shape index (κ2) is 10.4. The second-order valence-electron chi connectivity index (χ2n) is 8.63. The zero-order valence-electron chi connectivity index (χ0n) is 18.7. The van der Waals surface area contributed by atoms with Crippen LogP contribution in [0.3, 0.4) is 0 Å². The Labute approximate surface area is 210 Å². The zero-order valence-corrected chi connectivity index (χ0v) is 20.3. The third kappa shape index (κ3) is 6.64. The van der Waals surface area contributed by atoms with E-state index in [-0.39, 0.29) is 12.0 Å². The average molecular weight is 527 g/mol. The first-order valence-electron chi connectivity index (χ1n) is 11.0. The molecule has 0 bridgehead atoms. The maximum absolute atomic E-state index is 12.6. The Kier molecular flexibility index (Phi) is 7.51. The Bertz CT molecular complexity index is 1190. The van der Waals surface area contributed by atoms with Gasteiger partial charge in [0.25, 0.3) is 0 Å². The molecule has 186 valence electrons. The quantitative estimate of drug-likeness (QED) is 0.369. The smallest absolute Gasteiger partial charge is 0.367 e. The predicted molar refractivity (Wildman–Crippen MR) is 129 cm³/mol. The lowest BCUT2D eigenvalue weighted by atomic mass is 9.83. The number of nitrogens with zero attached hydrogens (tertiary/aromatic N) is 4. The first-order valence-corrected chi connectivity index (χ1v) is 11.8. The third-order valence-electron chi connectivity index (χ3n) is 5.90. The molecule has 0 atom stereocenters. The molecule has 3 aromatic rings. The van der Waals surface area contributed by atoms with Crippen molar-refractivity contribution in [1.82, 2.24) is 19.7 Å². The van der Waals surface area contributed by atoms with Gasteiger partial charge in [-0.3, -0.25) is 9.48 Å². The molecule has 0 amide bonds. The van der Waals surface area contributed by atoms with E-state index in [1.54, 1.807) is 42.3 Å². The zero-order chi connectivity index (χ0) is 25.2. The van der Waals surface area contributed by atoms with E-state index in [1.165, 1.54) is 0 Å². The number of aryl methyl sites for hydroxylation is 1. The SMILES string of the molecule is Cn1cc(-c2cnc(Nc3cc(Cl)cc(Cl)c3)nc2NC2CCC(CC(=O)C(F)(F)F)CC2)cn1. The molecule has 2 N–H and O–H groups in total. The van der Waals surface area contributed by atoms with Gasteiger partial charge in [0.2, 0.25) is 11.7 Å². The van der Waals surface area contributed by atoms with Crippen molar-refractivity contribution in [1.29, 1.82) is 0 Å². The number of carbonyl (C=O) groups excluding carboxylic acids is 1. The number of anilines is 3. The van der Waals surface area contributed by atoms with Crippen molar-refractivity contribution in [3.8, 4) is 11.1 Å². The molecule has 0 radical (unpaired) electrons. The highest BCUT2D eigenvalue weighted by Gasteiger charge is 2.39. The Morgan fingerprint density at radius 2 is 1.80 bits per heavy atom. The van der Waals surface area contributed by atoms with Crippen LogP contribution < -0.4 is 10.6 Å². The van der Waals surface area contributed by atoms with E-state index in [1.807, 2.05) is 6.20 Å². The van der Waals surface area contributed by atoms with Gasteiger partial charge in [-0.15, -0.1) is 0 Å². The number of ketones is 1. The Morgan fingerprint density at radius 3 is 2.40 bits per heavy atom. The number of nitrogens with one attached hydrogen (secondary N) is 2. The minimum Gasteiger partial charge on any atom is -0.367 e. The fourth-order valence-electron chi connectivity index (χ4n) is 4.16. The molecule has 1 aromatic carbocycles. The van der Waals surface area contributed by atoms with Crippen LogP contribution in [0.4, 0.5) is 30.6 Å². The van der Waals surface area contributed by atoms with Crippen LogP contribution in [0.5, 0.6) is 0 Å². The van der Waals surface area contributed by atoms with Crippen LogP contribution in [-0.2, 0) is 11.8 Å². The van der Waals surface area contributed by atoms with Gasteiger partial charge in [0, 0.05) is 58.8 Å². The van der Waals surface area contributed by atoms with Gasteiger partial charge in [-0.25, -0.2) is 4.98 Å². The number of hydrogen-bond donors (Lipinski definition) is 2. The van der Waals surface area contributed by atoms with Crippen molar-refractivity contribution in [3.05, 3.63) is 46.8 Å². The summed E-state index contributed by atoms with van der Waals surface area (Å²) in [6.07, 6.45) is 2.29. The van der Waals surface area contributed by atoms with Crippen molar-refractivity contribution in [2.24, 2.45) is 13.0 Å². The van der Waals surface area contributed by atoms with E-state index >= 15 is 0 Å².